The van der Waals surface area contributed by atoms with Crippen LogP contribution in [0.25, 0.3) is 6.08 Å². The number of ether oxygens (including phenoxy) is 2. The first kappa shape index (κ1) is 9.45. The van der Waals surface area contributed by atoms with Crippen LogP contribution in [0.2, 0.25) is 0 Å². The minimum Gasteiger partial charge on any atom is -0.502 e. The Balaban J connectivity index is 3.31. The number of methoxy groups -OCH3 is 2. The molecule has 0 heterocycles. The Morgan fingerprint density at radius 2 is 2.00 bits per heavy atom. The van der Waals surface area contributed by atoms with E-state index in [1.165, 1.54) is 14.2 Å². The molecule has 0 unspecified atom stereocenters. The van der Waals surface area contributed by atoms with Crippen LogP contribution in [0.15, 0.2) is 18.7 Å². The van der Waals surface area contributed by atoms with E-state index in [4.69, 9.17) is 9.47 Å². The Morgan fingerprint density at radius 3 is 2.46 bits per heavy atom. The SMILES string of the molecule is C=Cc1ccc(OC)c(O)c1OC. The molecule has 0 bridgehead atoms. The number of aromatic hydroxyl groups is 1. The van der Waals surface area contributed by atoms with E-state index in [1.807, 2.05) is 0 Å². The highest BCUT2D eigenvalue weighted by atomic mass is 16.5. The van der Waals surface area contributed by atoms with E-state index in [9.17, 15) is 5.11 Å². The Labute approximate surface area is 77.2 Å². The number of rotatable bonds is 3. The second-order valence-electron chi connectivity index (χ2n) is 2.44. The lowest BCUT2D eigenvalue weighted by atomic mass is 10.1. The maximum Gasteiger partial charge on any atom is 0.201 e. The number of phenols is 1. The van der Waals surface area contributed by atoms with E-state index in [0.29, 0.717) is 11.5 Å². The van der Waals surface area contributed by atoms with Crippen LogP contribution in [-0.2, 0) is 0 Å². The minimum absolute atomic E-state index is 0.00222. The van der Waals surface area contributed by atoms with Crippen LogP contribution in [0.4, 0.5) is 0 Å². The molecule has 0 amide bonds. The summed E-state index contributed by atoms with van der Waals surface area (Å²) in [5, 5.41) is 9.60. The summed E-state index contributed by atoms with van der Waals surface area (Å²) in [6.45, 7) is 3.60. The number of benzene rings is 1. The lowest BCUT2D eigenvalue weighted by Crippen LogP contribution is -1.91. The average molecular weight is 180 g/mol. The van der Waals surface area contributed by atoms with E-state index < -0.39 is 0 Å². The predicted molar refractivity (Wildman–Crippen MR) is 51.3 cm³/mol. The molecule has 0 aliphatic carbocycles. The molecule has 3 heteroatoms. The fourth-order valence-electron chi connectivity index (χ4n) is 1.11. The van der Waals surface area contributed by atoms with Gasteiger partial charge in [0, 0.05) is 5.56 Å². The molecule has 0 aromatic heterocycles. The molecule has 0 saturated carbocycles. The molecule has 0 spiro atoms. The van der Waals surface area contributed by atoms with Gasteiger partial charge in [0.2, 0.25) is 5.75 Å². The summed E-state index contributed by atoms with van der Waals surface area (Å²) >= 11 is 0. The molecule has 0 atom stereocenters. The van der Waals surface area contributed by atoms with Crippen molar-refractivity contribution in [3.8, 4) is 17.2 Å². The average Bonchev–Trinajstić information content (AvgIpc) is 2.17. The summed E-state index contributed by atoms with van der Waals surface area (Å²) in [7, 11) is 2.98. The smallest absolute Gasteiger partial charge is 0.201 e. The van der Waals surface area contributed by atoms with Gasteiger partial charge in [-0.05, 0) is 12.1 Å². The third kappa shape index (κ3) is 1.59. The molecule has 70 valence electrons. The number of hydrogen-bond donors (Lipinski definition) is 1. The Hall–Kier alpha value is -1.64. The Morgan fingerprint density at radius 1 is 1.31 bits per heavy atom. The van der Waals surface area contributed by atoms with Gasteiger partial charge in [-0.3, -0.25) is 0 Å². The van der Waals surface area contributed by atoms with Crippen LogP contribution in [0.5, 0.6) is 17.2 Å². The van der Waals surface area contributed by atoms with Gasteiger partial charge in [-0.15, -0.1) is 0 Å². The fraction of sp³-hybridized carbons (Fsp3) is 0.200. The zero-order valence-corrected chi connectivity index (χ0v) is 7.70. The van der Waals surface area contributed by atoms with E-state index in [0.717, 1.165) is 5.56 Å². The molecule has 0 aliphatic rings. The number of phenolic OH excluding ortho intramolecular Hbond substituents is 1. The van der Waals surface area contributed by atoms with Gasteiger partial charge in [0.15, 0.2) is 11.5 Å². The molecule has 1 rings (SSSR count). The molecule has 1 N–H and O–H groups in total. The maximum atomic E-state index is 9.60. The summed E-state index contributed by atoms with van der Waals surface area (Å²) in [5.74, 6) is 0.777. The normalized spacial score (nSPS) is 9.38. The molecular formula is C10H12O3. The third-order valence-corrected chi connectivity index (χ3v) is 1.77. The standard InChI is InChI=1S/C10H12O3/c1-4-7-5-6-8(12-2)9(11)10(7)13-3/h4-6,11H,1H2,2-3H3. The van der Waals surface area contributed by atoms with Crippen LogP contribution in [0.3, 0.4) is 0 Å². The molecular weight excluding hydrogens is 168 g/mol. The van der Waals surface area contributed by atoms with E-state index in [-0.39, 0.29) is 5.75 Å². The van der Waals surface area contributed by atoms with Crippen molar-refractivity contribution >= 4 is 6.08 Å². The lowest BCUT2D eigenvalue weighted by Gasteiger charge is -2.10. The van der Waals surface area contributed by atoms with Gasteiger partial charge >= 0.3 is 0 Å². The number of hydrogen-bond acceptors (Lipinski definition) is 3. The van der Waals surface area contributed by atoms with Gasteiger partial charge in [0.25, 0.3) is 0 Å². The lowest BCUT2D eigenvalue weighted by molar-refractivity contribution is 0.339. The molecule has 0 saturated heterocycles. The second kappa shape index (κ2) is 3.85. The predicted octanol–water partition coefficient (Wildman–Crippen LogP) is 2.05. The van der Waals surface area contributed by atoms with Crippen molar-refractivity contribution in [1.82, 2.24) is 0 Å². The van der Waals surface area contributed by atoms with Gasteiger partial charge in [0.1, 0.15) is 0 Å². The first-order chi connectivity index (χ1) is 6.24. The monoisotopic (exact) mass is 180 g/mol. The van der Waals surface area contributed by atoms with Crippen molar-refractivity contribution in [3.05, 3.63) is 24.3 Å². The van der Waals surface area contributed by atoms with Gasteiger partial charge in [-0.1, -0.05) is 12.7 Å². The van der Waals surface area contributed by atoms with Crippen LogP contribution in [0.1, 0.15) is 5.56 Å². The first-order valence-corrected chi connectivity index (χ1v) is 3.81. The maximum absolute atomic E-state index is 9.60. The molecule has 1 aromatic carbocycles. The van der Waals surface area contributed by atoms with Gasteiger partial charge in [-0.2, -0.15) is 0 Å². The molecule has 0 fully saturated rings. The molecule has 1 aromatic rings. The van der Waals surface area contributed by atoms with Crippen LogP contribution in [0, 0.1) is 0 Å². The van der Waals surface area contributed by atoms with Crippen molar-refractivity contribution < 1.29 is 14.6 Å². The van der Waals surface area contributed by atoms with Gasteiger partial charge < -0.3 is 14.6 Å². The summed E-state index contributed by atoms with van der Waals surface area (Å²) in [6, 6.07) is 3.43. The summed E-state index contributed by atoms with van der Waals surface area (Å²) in [6.07, 6.45) is 1.61. The highest BCUT2D eigenvalue weighted by molar-refractivity contribution is 5.64. The molecule has 0 aliphatic heterocycles. The van der Waals surface area contributed by atoms with E-state index >= 15 is 0 Å². The van der Waals surface area contributed by atoms with Crippen molar-refractivity contribution in [3.63, 3.8) is 0 Å². The van der Waals surface area contributed by atoms with Crippen molar-refractivity contribution in [1.29, 1.82) is 0 Å². The molecule has 3 nitrogen and oxygen atoms in total. The highest BCUT2D eigenvalue weighted by Crippen LogP contribution is 2.38. The fourth-order valence-corrected chi connectivity index (χ4v) is 1.11. The summed E-state index contributed by atoms with van der Waals surface area (Å²) in [4.78, 5) is 0. The minimum atomic E-state index is 0.00222. The zero-order chi connectivity index (χ0) is 9.84. The Kier molecular flexibility index (Phi) is 2.80. The van der Waals surface area contributed by atoms with Crippen LogP contribution < -0.4 is 9.47 Å². The van der Waals surface area contributed by atoms with E-state index in [1.54, 1.807) is 18.2 Å². The summed E-state index contributed by atoms with van der Waals surface area (Å²) in [5.41, 5.74) is 0.737. The highest BCUT2D eigenvalue weighted by Gasteiger charge is 2.11. The van der Waals surface area contributed by atoms with Crippen molar-refractivity contribution in [2.45, 2.75) is 0 Å². The quantitative estimate of drug-likeness (QED) is 0.773. The van der Waals surface area contributed by atoms with Crippen LogP contribution in [-0.4, -0.2) is 19.3 Å². The topological polar surface area (TPSA) is 38.7 Å². The second-order valence-corrected chi connectivity index (χ2v) is 2.44. The Bertz CT molecular complexity index is 318. The van der Waals surface area contributed by atoms with Crippen molar-refractivity contribution in [2.75, 3.05) is 14.2 Å². The molecule has 0 radical (unpaired) electrons. The van der Waals surface area contributed by atoms with Gasteiger partial charge in [-0.25, -0.2) is 0 Å². The largest absolute Gasteiger partial charge is 0.502 e. The third-order valence-electron chi connectivity index (χ3n) is 1.77. The van der Waals surface area contributed by atoms with Crippen LogP contribution >= 0.6 is 0 Å². The van der Waals surface area contributed by atoms with Gasteiger partial charge in [0.05, 0.1) is 14.2 Å². The summed E-state index contributed by atoms with van der Waals surface area (Å²) < 4.78 is 9.93. The van der Waals surface area contributed by atoms with E-state index in [2.05, 4.69) is 6.58 Å². The van der Waals surface area contributed by atoms with Crippen molar-refractivity contribution in [2.24, 2.45) is 0 Å². The zero-order valence-electron chi connectivity index (χ0n) is 7.70. The molecule has 13 heavy (non-hydrogen) atoms. The first-order valence-electron chi connectivity index (χ1n) is 3.81.